The Balaban J connectivity index is 1.88. The first-order valence-electron chi connectivity index (χ1n) is 7.04. The summed E-state index contributed by atoms with van der Waals surface area (Å²) in [6, 6.07) is 3.95. The van der Waals surface area contributed by atoms with Crippen LogP contribution in [0.3, 0.4) is 0 Å². The van der Waals surface area contributed by atoms with E-state index in [1.54, 1.807) is 0 Å². The lowest BCUT2D eigenvalue weighted by atomic mass is 9.99. The van der Waals surface area contributed by atoms with Crippen LogP contribution in [0.15, 0.2) is 24.3 Å². The Bertz CT molecular complexity index is 615. The van der Waals surface area contributed by atoms with Gasteiger partial charge in [0.05, 0.1) is 0 Å². The number of phenols is 2. The van der Waals surface area contributed by atoms with Gasteiger partial charge in [0, 0.05) is 6.08 Å². The number of hydrogen-bond donors (Lipinski definition) is 6. The third-order valence-corrected chi connectivity index (χ3v) is 3.49. The minimum absolute atomic E-state index is 0.294. The molecule has 1 fully saturated rings. The molecule has 0 spiro atoms. The van der Waals surface area contributed by atoms with Crippen molar-refractivity contribution in [1.82, 2.24) is 0 Å². The maximum atomic E-state index is 11.6. The Labute approximate surface area is 136 Å². The van der Waals surface area contributed by atoms with Gasteiger partial charge in [-0.05, 0) is 23.8 Å². The number of ether oxygens (including phenoxy) is 2. The second kappa shape index (κ2) is 7.60. The van der Waals surface area contributed by atoms with Crippen molar-refractivity contribution in [3.8, 4) is 11.5 Å². The summed E-state index contributed by atoms with van der Waals surface area (Å²) >= 11 is 0. The third-order valence-electron chi connectivity index (χ3n) is 3.49. The minimum Gasteiger partial charge on any atom is -0.504 e. The molecule has 1 saturated heterocycles. The Morgan fingerprint density at radius 1 is 1.08 bits per heavy atom. The van der Waals surface area contributed by atoms with Crippen LogP contribution in [0.25, 0.3) is 6.08 Å². The van der Waals surface area contributed by atoms with Crippen LogP contribution in [-0.2, 0) is 14.3 Å². The van der Waals surface area contributed by atoms with Gasteiger partial charge in [0.15, 0.2) is 17.8 Å². The summed E-state index contributed by atoms with van der Waals surface area (Å²) in [6.45, 7) is -0.452. The van der Waals surface area contributed by atoms with Gasteiger partial charge < -0.3 is 40.1 Å². The van der Waals surface area contributed by atoms with Gasteiger partial charge in [-0.2, -0.15) is 0 Å². The Hall–Kier alpha value is -2.17. The summed E-state index contributed by atoms with van der Waals surface area (Å²) < 4.78 is 9.69. The van der Waals surface area contributed by atoms with Crippen LogP contribution < -0.4 is 0 Å². The van der Waals surface area contributed by atoms with Crippen molar-refractivity contribution in [1.29, 1.82) is 0 Å². The molecule has 1 aliphatic heterocycles. The second-order valence-electron chi connectivity index (χ2n) is 5.25. The predicted octanol–water partition coefficient (Wildman–Crippen LogP) is -1.55. The Morgan fingerprint density at radius 3 is 2.46 bits per heavy atom. The van der Waals surface area contributed by atoms with E-state index in [1.165, 1.54) is 24.3 Å². The number of benzene rings is 1. The number of aromatic hydroxyl groups is 2. The van der Waals surface area contributed by atoms with Crippen molar-refractivity contribution in [3.63, 3.8) is 0 Å². The van der Waals surface area contributed by atoms with E-state index in [2.05, 4.69) is 0 Å². The number of aliphatic hydroxyl groups is 4. The number of esters is 1. The van der Waals surface area contributed by atoms with Gasteiger partial charge in [-0.1, -0.05) is 6.07 Å². The maximum absolute atomic E-state index is 11.6. The summed E-state index contributed by atoms with van der Waals surface area (Å²) in [5.74, 6) is -1.43. The van der Waals surface area contributed by atoms with Crippen molar-refractivity contribution in [2.45, 2.75) is 30.7 Å². The largest absolute Gasteiger partial charge is 0.504 e. The molecule has 0 radical (unpaired) electrons. The van der Waals surface area contributed by atoms with E-state index in [1.807, 2.05) is 0 Å². The molecule has 0 amide bonds. The third kappa shape index (κ3) is 4.22. The average molecular weight is 342 g/mol. The number of carbonyl (C=O) groups is 1. The molecule has 0 aromatic heterocycles. The predicted molar refractivity (Wildman–Crippen MR) is 78.7 cm³/mol. The van der Waals surface area contributed by atoms with Crippen LogP contribution in [0.5, 0.6) is 11.5 Å². The molecule has 9 nitrogen and oxygen atoms in total. The molecular formula is C15H18O9. The van der Waals surface area contributed by atoms with Crippen LogP contribution in [0.4, 0.5) is 0 Å². The van der Waals surface area contributed by atoms with Crippen molar-refractivity contribution < 1.29 is 44.9 Å². The fourth-order valence-corrected chi connectivity index (χ4v) is 2.09. The molecule has 1 aromatic carbocycles. The zero-order chi connectivity index (χ0) is 17.9. The van der Waals surface area contributed by atoms with E-state index in [4.69, 9.17) is 9.47 Å². The normalized spacial score (nSPS) is 30.4. The summed E-state index contributed by atoms with van der Waals surface area (Å²) in [6.07, 6.45) is -5.36. The average Bonchev–Trinajstić information content (AvgIpc) is 2.56. The Kier molecular flexibility index (Phi) is 5.75. The summed E-state index contributed by atoms with van der Waals surface area (Å²) in [7, 11) is 0. The van der Waals surface area contributed by atoms with Crippen LogP contribution in [0, 0.1) is 0 Å². The number of phenolic OH excluding ortho intramolecular Hbond substituents is 2. The fourth-order valence-electron chi connectivity index (χ4n) is 2.09. The highest BCUT2D eigenvalue weighted by Crippen LogP contribution is 2.25. The quantitative estimate of drug-likeness (QED) is 0.217. The van der Waals surface area contributed by atoms with Crippen LogP contribution in [0.2, 0.25) is 0 Å². The van der Waals surface area contributed by atoms with Gasteiger partial charge in [0.1, 0.15) is 31.0 Å². The number of hydrogen-bond acceptors (Lipinski definition) is 9. The van der Waals surface area contributed by atoms with E-state index in [0.717, 1.165) is 6.08 Å². The highest BCUT2D eigenvalue weighted by molar-refractivity contribution is 5.87. The molecule has 132 valence electrons. The van der Waals surface area contributed by atoms with Crippen molar-refractivity contribution in [3.05, 3.63) is 29.8 Å². The summed E-state index contributed by atoms with van der Waals surface area (Å²) in [4.78, 5) is 11.6. The van der Waals surface area contributed by atoms with Gasteiger partial charge >= 0.3 is 5.97 Å². The molecule has 0 saturated carbocycles. The number of carbonyl (C=O) groups excluding carboxylic acids is 1. The fraction of sp³-hybridized carbons (Fsp3) is 0.400. The van der Waals surface area contributed by atoms with Crippen molar-refractivity contribution in [2.24, 2.45) is 0 Å². The van der Waals surface area contributed by atoms with E-state index < -0.39 is 43.3 Å². The van der Waals surface area contributed by atoms with Crippen molar-refractivity contribution >= 4 is 12.0 Å². The molecule has 9 heteroatoms. The standard InChI is InChI=1S/C15H18O9/c16-8-3-1-7(5-9(8)17)2-4-11(18)23-6-10-12(19)13(20)14(21)15(22)24-10/h1-5,10,12-17,19-22H,6H2/b4-2+/t10-,12-,13+,14-,15?/m1/s1. The van der Waals surface area contributed by atoms with Gasteiger partial charge in [-0.25, -0.2) is 4.79 Å². The molecule has 1 unspecified atom stereocenters. The molecule has 2 rings (SSSR count). The van der Waals surface area contributed by atoms with Gasteiger partial charge in [0.25, 0.3) is 0 Å². The van der Waals surface area contributed by atoms with Gasteiger partial charge in [0.2, 0.25) is 0 Å². The lowest BCUT2D eigenvalue weighted by Crippen LogP contribution is -2.58. The minimum atomic E-state index is -1.71. The van der Waals surface area contributed by atoms with E-state index in [0.29, 0.717) is 5.56 Å². The van der Waals surface area contributed by atoms with Gasteiger partial charge in [-0.15, -0.1) is 0 Å². The van der Waals surface area contributed by atoms with Crippen molar-refractivity contribution in [2.75, 3.05) is 6.61 Å². The first-order chi connectivity index (χ1) is 11.3. The highest BCUT2D eigenvalue weighted by Gasteiger charge is 2.43. The second-order valence-corrected chi connectivity index (χ2v) is 5.25. The van der Waals surface area contributed by atoms with Crippen LogP contribution >= 0.6 is 0 Å². The zero-order valence-electron chi connectivity index (χ0n) is 12.4. The molecule has 5 atom stereocenters. The topological polar surface area (TPSA) is 157 Å². The first-order valence-corrected chi connectivity index (χ1v) is 7.04. The molecule has 1 aromatic rings. The molecular weight excluding hydrogens is 324 g/mol. The lowest BCUT2D eigenvalue weighted by Gasteiger charge is -2.37. The van der Waals surface area contributed by atoms with Crippen LogP contribution in [0.1, 0.15) is 5.56 Å². The summed E-state index contributed by atoms with van der Waals surface area (Å²) in [5, 5.41) is 56.4. The monoisotopic (exact) mass is 342 g/mol. The smallest absolute Gasteiger partial charge is 0.330 e. The number of aliphatic hydroxyl groups excluding tert-OH is 4. The SMILES string of the molecule is O=C(/C=C/c1ccc(O)c(O)c1)OC[C@H]1OC(O)[C@H](O)[C@@H](O)[C@@H]1O. The molecule has 0 bridgehead atoms. The first kappa shape index (κ1) is 18.2. The highest BCUT2D eigenvalue weighted by atomic mass is 16.6. The van der Waals surface area contributed by atoms with Gasteiger partial charge in [-0.3, -0.25) is 0 Å². The Morgan fingerprint density at radius 2 is 1.79 bits per heavy atom. The molecule has 1 heterocycles. The molecule has 24 heavy (non-hydrogen) atoms. The van der Waals surface area contributed by atoms with E-state index in [9.17, 15) is 35.4 Å². The van der Waals surface area contributed by atoms with E-state index in [-0.39, 0.29) is 11.5 Å². The molecule has 6 N–H and O–H groups in total. The zero-order valence-corrected chi connectivity index (χ0v) is 12.4. The number of rotatable bonds is 4. The molecule has 1 aliphatic rings. The molecule has 0 aliphatic carbocycles. The lowest BCUT2D eigenvalue weighted by molar-refractivity contribution is -0.287. The van der Waals surface area contributed by atoms with Crippen LogP contribution in [-0.4, -0.2) is 73.9 Å². The summed E-state index contributed by atoms with van der Waals surface area (Å²) in [5.41, 5.74) is 0.435. The van der Waals surface area contributed by atoms with E-state index >= 15 is 0 Å². The maximum Gasteiger partial charge on any atom is 0.330 e.